The summed E-state index contributed by atoms with van der Waals surface area (Å²) in [5.41, 5.74) is 0.644. The number of nitrogens with one attached hydrogen (secondary N) is 1. The number of ether oxygens (including phenoxy) is 1. The lowest BCUT2D eigenvalue weighted by molar-refractivity contribution is -0.172. The molecule has 1 N–H and O–H groups in total. The van der Waals surface area contributed by atoms with Gasteiger partial charge in [-0.2, -0.15) is 8.78 Å². The van der Waals surface area contributed by atoms with E-state index >= 15 is 0 Å². The van der Waals surface area contributed by atoms with Crippen LogP contribution in [0, 0.1) is 0 Å². The van der Waals surface area contributed by atoms with E-state index in [1.165, 1.54) is 19.1 Å². The van der Waals surface area contributed by atoms with Crippen molar-refractivity contribution in [2.75, 3.05) is 6.61 Å². The second kappa shape index (κ2) is 4.84. The monoisotopic (exact) mass is 289 g/mol. The molecule has 0 radical (unpaired) electrons. The number of hydrogen-bond acceptors (Lipinski definition) is 2. The van der Waals surface area contributed by atoms with Gasteiger partial charge in [0.2, 0.25) is 0 Å². The highest BCUT2D eigenvalue weighted by atomic mass is 19.3. The van der Waals surface area contributed by atoms with Gasteiger partial charge in [0.05, 0.1) is 17.7 Å². The second-order valence-electron chi connectivity index (χ2n) is 4.69. The van der Waals surface area contributed by atoms with Crippen LogP contribution in [-0.4, -0.2) is 17.6 Å². The topological polar surface area (TPSA) is 42.1 Å². The van der Waals surface area contributed by atoms with Gasteiger partial charge in [0.25, 0.3) is 0 Å². The Kier molecular flexibility index (Phi) is 3.12. The normalized spacial score (nSPS) is 12.0. The first-order chi connectivity index (χ1) is 10.1. The smallest absolute Gasteiger partial charge is 0.382 e. The minimum Gasteiger partial charge on any atom is -0.461 e. The molecule has 0 fully saturated rings. The van der Waals surface area contributed by atoms with Gasteiger partial charge < -0.3 is 9.72 Å². The van der Waals surface area contributed by atoms with Crippen LogP contribution in [0.25, 0.3) is 21.8 Å². The molecular weight excluding hydrogens is 276 g/mol. The number of benzene rings is 2. The molecule has 0 bridgehead atoms. The third-order valence-electron chi connectivity index (χ3n) is 3.41. The maximum Gasteiger partial charge on any atom is 0.382 e. The Morgan fingerprint density at radius 3 is 2.62 bits per heavy atom. The molecule has 0 amide bonds. The number of carbonyl (C=O) groups excluding carboxylic acids is 1. The van der Waals surface area contributed by atoms with Crippen LogP contribution >= 0.6 is 0 Å². The molecule has 2 aromatic carbocycles. The number of hydrogen-bond donors (Lipinski definition) is 1. The maximum atomic E-state index is 14.3. The lowest BCUT2D eigenvalue weighted by Gasteiger charge is -2.15. The number of aromatic amines is 1. The van der Waals surface area contributed by atoms with Crippen molar-refractivity contribution in [3.8, 4) is 0 Å². The lowest BCUT2D eigenvalue weighted by Crippen LogP contribution is -2.28. The zero-order chi connectivity index (χ0) is 15.0. The molecular formula is C16H13F2NO2. The van der Waals surface area contributed by atoms with Crippen molar-refractivity contribution >= 4 is 27.8 Å². The predicted molar refractivity (Wildman–Crippen MR) is 76.3 cm³/mol. The number of esters is 1. The van der Waals surface area contributed by atoms with Gasteiger partial charge in [-0.15, -0.1) is 0 Å². The van der Waals surface area contributed by atoms with Gasteiger partial charge in [-0.25, -0.2) is 4.79 Å². The summed E-state index contributed by atoms with van der Waals surface area (Å²) in [6, 6.07) is 11.8. The molecule has 3 rings (SSSR count). The summed E-state index contributed by atoms with van der Waals surface area (Å²) in [7, 11) is 0. The molecule has 3 aromatic rings. The molecule has 0 aliphatic carbocycles. The number of fused-ring (bicyclic) bond motifs is 3. The summed E-state index contributed by atoms with van der Waals surface area (Å²) in [5, 5.41) is 1.50. The quantitative estimate of drug-likeness (QED) is 0.741. The highest BCUT2D eigenvalue weighted by Gasteiger charge is 2.44. The number of halogens is 2. The highest BCUT2D eigenvalue weighted by Crippen LogP contribution is 2.37. The van der Waals surface area contributed by atoms with Crippen molar-refractivity contribution in [3.05, 3.63) is 48.0 Å². The van der Waals surface area contributed by atoms with Gasteiger partial charge in [-0.05, 0) is 13.0 Å². The number of carbonyl (C=O) groups is 1. The van der Waals surface area contributed by atoms with Crippen LogP contribution in [0.2, 0.25) is 0 Å². The molecule has 5 heteroatoms. The fourth-order valence-corrected chi connectivity index (χ4v) is 2.47. The van der Waals surface area contributed by atoms with Crippen LogP contribution < -0.4 is 0 Å². The molecule has 1 aromatic heterocycles. The van der Waals surface area contributed by atoms with Gasteiger partial charge in [-0.1, -0.05) is 36.4 Å². The third-order valence-corrected chi connectivity index (χ3v) is 3.41. The maximum absolute atomic E-state index is 14.3. The zero-order valence-corrected chi connectivity index (χ0v) is 11.3. The largest absolute Gasteiger partial charge is 0.461 e. The number of H-pyrrole nitrogens is 1. The summed E-state index contributed by atoms with van der Waals surface area (Å²) >= 11 is 0. The molecule has 0 aliphatic rings. The van der Waals surface area contributed by atoms with Crippen molar-refractivity contribution in [2.45, 2.75) is 12.8 Å². The second-order valence-corrected chi connectivity index (χ2v) is 4.69. The van der Waals surface area contributed by atoms with E-state index in [2.05, 4.69) is 9.72 Å². The number of aromatic nitrogens is 1. The number of alkyl halides is 2. The van der Waals surface area contributed by atoms with Gasteiger partial charge >= 0.3 is 11.9 Å². The Bertz CT molecular complexity index is 823. The van der Waals surface area contributed by atoms with Gasteiger partial charge in [0.15, 0.2) is 0 Å². The molecule has 0 spiro atoms. The molecule has 3 nitrogen and oxygen atoms in total. The Morgan fingerprint density at radius 1 is 1.14 bits per heavy atom. The minimum absolute atomic E-state index is 0.0862. The van der Waals surface area contributed by atoms with Crippen LogP contribution in [-0.2, 0) is 15.5 Å². The standard InChI is InChI=1S/C16H13F2NO2/c1-2-21-15(20)16(17,18)12-8-5-7-11-10-6-3-4-9-13(10)19-14(11)12/h3-9,19H,2H2,1H3. The van der Waals surface area contributed by atoms with Crippen LogP contribution in [0.4, 0.5) is 8.78 Å². The van der Waals surface area contributed by atoms with E-state index in [1.54, 1.807) is 6.07 Å². The molecule has 21 heavy (non-hydrogen) atoms. The summed E-state index contributed by atoms with van der Waals surface area (Å²) in [4.78, 5) is 14.5. The van der Waals surface area contributed by atoms with E-state index < -0.39 is 11.9 Å². The molecule has 0 atom stereocenters. The number of para-hydroxylation sites is 2. The van der Waals surface area contributed by atoms with E-state index in [4.69, 9.17) is 0 Å². The van der Waals surface area contributed by atoms with Gasteiger partial charge in [-0.3, -0.25) is 0 Å². The van der Waals surface area contributed by atoms with Crippen molar-refractivity contribution in [1.29, 1.82) is 0 Å². The Labute approximate surface area is 119 Å². The van der Waals surface area contributed by atoms with E-state index in [-0.39, 0.29) is 17.7 Å². The first-order valence-corrected chi connectivity index (χ1v) is 6.60. The minimum atomic E-state index is -3.68. The average Bonchev–Trinajstić information content (AvgIpc) is 2.85. The summed E-state index contributed by atoms with van der Waals surface area (Å²) < 4.78 is 33.1. The SMILES string of the molecule is CCOC(=O)C(F)(F)c1cccc2c1[nH]c1ccccc12. The van der Waals surface area contributed by atoms with Crippen LogP contribution in [0.3, 0.4) is 0 Å². The van der Waals surface area contributed by atoms with Gasteiger partial charge in [0.1, 0.15) is 0 Å². The first kappa shape index (κ1) is 13.5. The molecule has 0 saturated heterocycles. The van der Waals surface area contributed by atoms with Crippen molar-refractivity contribution in [1.82, 2.24) is 4.98 Å². The zero-order valence-electron chi connectivity index (χ0n) is 11.3. The highest BCUT2D eigenvalue weighted by molar-refractivity contribution is 6.09. The van der Waals surface area contributed by atoms with Crippen molar-refractivity contribution in [3.63, 3.8) is 0 Å². The van der Waals surface area contributed by atoms with E-state index in [9.17, 15) is 13.6 Å². The Morgan fingerprint density at radius 2 is 1.86 bits per heavy atom. The molecule has 108 valence electrons. The van der Waals surface area contributed by atoms with Crippen LogP contribution in [0.1, 0.15) is 12.5 Å². The lowest BCUT2D eigenvalue weighted by atomic mass is 10.0. The average molecular weight is 289 g/mol. The Balaban J connectivity index is 2.26. The fraction of sp³-hybridized carbons (Fsp3) is 0.188. The van der Waals surface area contributed by atoms with Crippen molar-refractivity contribution in [2.24, 2.45) is 0 Å². The summed E-state index contributed by atoms with van der Waals surface area (Å²) in [6.45, 7) is 1.41. The Hall–Kier alpha value is -2.43. The molecule has 0 saturated carbocycles. The third kappa shape index (κ3) is 2.05. The van der Waals surface area contributed by atoms with E-state index in [0.29, 0.717) is 5.39 Å². The first-order valence-electron chi connectivity index (χ1n) is 6.60. The molecule has 0 unspecified atom stereocenters. The van der Waals surface area contributed by atoms with E-state index in [1.807, 2.05) is 24.3 Å². The van der Waals surface area contributed by atoms with Gasteiger partial charge in [0, 0.05) is 16.3 Å². The molecule has 0 aliphatic heterocycles. The van der Waals surface area contributed by atoms with Crippen LogP contribution in [0.5, 0.6) is 0 Å². The predicted octanol–water partition coefficient (Wildman–Crippen LogP) is 3.98. The van der Waals surface area contributed by atoms with Crippen LogP contribution in [0.15, 0.2) is 42.5 Å². The number of rotatable bonds is 3. The molecule has 1 heterocycles. The fourth-order valence-electron chi connectivity index (χ4n) is 2.47. The summed E-state index contributed by atoms with van der Waals surface area (Å²) in [6.07, 6.45) is 0. The van der Waals surface area contributed by atoms with E-state index in [0.717, 1.165) is 10.9 Å². The summed E-state index contributed by atoms with van der Waals surface area (Å²) in [5.74, 6) is -5.22. The van der Waals surface area contributed by atoms with Crippen molar-refractivity contribution < 1.29 is 18.3 Å².